The summed E-state index contributed by atoms with van der Waals surface area (Å²) in [6.07, 6.45) is 3.81. The van der Waals surface area contributed by atoms with Crippen LogP contribution in [0.5, 0.6) is 0 Å². The van der Waals surface area contributed by atoms with Gasteiger partial charge in [0.1, 0.15) is 0 Å². The highest BCUT2D eigenvalue weighted by molar-refractivity contribution is 6.31. The zero-order valence-corrected chi connectivity index (χ0v) is 12.4. The summed E-state index contributed by atoms with van der Waals surface area (Å²) < 4.78 is 0. The maximum absolute atomic E-state index is 11.2. The van der Waals surface area contributed by atoms with Crippen molar-refractivity contribution in [2.45, 2.75) is 12.8 Å². The third kappa shape index (κ3) is 2.49. The first-order valence-electron chi connectivity index (χ1n) is 6.84. The van der Waals surface area contributed by atoms with Crippen LogP contribution in [0, 0.1) is 6.57 Å². The first-order valence-corrected chi connectivity index (χ1v) is 7.22. The summed E-state index contributed by atoms with van der Waals surface area (Å²) in [6.45, 7) is 7.34. The molecule has 0 heterocycles. The van der Waals surface area contributed by atoms with E-state index >= 15 is 0 Å². The van der Waals surface area contributed by atoms with Crippen LogP contribution in [0.25, 0.3) is 10.4 Å². The van der Waals surface area contributed by atoms with Gasteiger partial charge in [0.15, 0.2) is 5.69 Å². The van der Waals surface area contributed by atoms with Crippen LogP contribution in [-0.2, 0) is 6.42 Å². The monoisotopic (exact) mass is 309 g/mol. The summed E-state index contributed by atoms with van der Waals surface area (Å²) in [4.78, 5) is 14.8. The third-order valence-electron chi connectivity index (χ3n) is 3.78. The molecule has 0 aliphatic heterocycles. The molecule has 0 spiro atoms. The van der Waals surface area contributed by atoms with E-state index in [2.05, 4.69) is 10.9 Å². The summed E-state index contributed by atoms with van der Waals surface area (Å²) in [5.41, 5.74) is 4.43. The van der Waals surface area contributed by atoms with Gasteiger partial charge in [0.2, 0.25) is 0 Å². The van der Waals surface area contributed by atoms with Crippen LogP contribution >= 0.6 is 11.6 Å². The Balaban J connectivity index is 2.19. The lowest BCUT2D eigenvalue weighted by molar-refractivity contribution is 0.0697. The van der Waals surface area contributed by atoms with Gasteiger partial charge in [-0.05, 0) is 59.4 Å². The molecule has 3 nitrogen and oxygen atoms in total. The van der Waals surface area contributed by atoms with Gasteiger partial charge in [0, 0.05) is 5.02 Å². The van der Waals surface area contributed by atoms with Gasteiger partial charge in [-0.1, -0.05) is 29.8 Å². The van der Waals surface area contributed by atoms with E-state index in [0.29, 0.717) is 10.7 Å². The molecule has 0 unspecified atom stereocenters. The SMILES string of the molecule is [C-]#[N+]c1cc(Cl)ccc1C1=CCCc2ccc(C(=O)O)cc21. The fraction of sp³-hybridized carbons (Fsp3) is 0.111. The van der Waals surface area contributed by atoms with Crippen LogP contribution in [0.2, 0.25) is 5.02 Å². The first-order chi connectivity index (χ1) is 10.6. The molecular formula is C18H12ClNO2. The molecule has 0 atom stereocenters. The van der Waals surface area contributed by atoms with E-state index in [1.807, 2.05) is 12.1 Å². The molecular weight excluding hydrogens is 298 g/mol. The largest absolute Gasteiger partial charge is 0.478 e. The number of benzene rings is 2. The summed E-state index contributed by atoms with van der Waals surface area (Å²) in [7, 11) is 0. The maximum atomic E-state index is 11.2. The van der Waals surface area contributed by atoms with Gasteiger partial charge >= 0.3 is 5.97 Å². The Morgan fingerprint density at radius 1 is 1.18 bits per heavy atom. The molecule has 0 bridgehead atoms. The fourth-order valence-corrected chi connectivity index (χ4v) is 2.91. The number of allylic oxidation sites excluding steroid dienone is 1. The number of nitrogens with zero attached hydrogens (tertiary/aromatic N) is 1. The number of halogens is 1. The summed E-state index contributed by atoms with van der Waals surface area (Å²) in [6, 6.07) is 10.4. The molecule has 0 saturated heterocycles. The first kappa shape index (κ1) is 14.4. The van der Waals surface area contributed by atoms with E-state index in [0.717, 1.165) is 35.1 Å². The molecule has 2 aromatic rings. The molecule has 2 aromatic carbocycles. The molecule has 1 aliphatic rings. The Hall–Kier alpha value is -2.57. The van der Waals surface area contributed by atoms with Gasteiger partial charge in [0.05, 0.1) is 12.1 Å². The Morgan fingerprint density at radius 2 is 2.00 bits per heavy atom. The second-order valence-electron chi connectivity index (χ2n) is 5.11. The lowest BCUT2D eigenvalue weighted by Crippen LogP contribution is -2.05. The minimum Gasteiger partial charge on any atom is -0.478 e. The van der Waals surface area contributed by atoms with Gasteiger partial charge in [-0.25, -0.2) is 9.64 Å². The van der Waals surface area contributed by atoms with Crippen LogP contribution in [0.4, 0.5) is 5.69 Å². The molecule has 1 aliphatic carbocycles. The standard InChI is InChI=1S/C18H12ClNO2/c1-20-17-10-13(19)7-8-15(17)14-4-2-3-11-5-6-12(18(21)22)9-16(11)14/h4-10H,2-3H2,(H,21,22). The normalized spacial score (nSPS) is 13.0. The summed E-state index contributed by atoms with van der Waals surface area (Å²) in [5.74, 6) is -0.950. The van der Waals surface area contributed by atoms with Crippen LogP contribution in [-0.4, -0.2) is 11.1 Å². The number of carbonyl (C=O) groups is 1. The smallest absolute Gasteiger partial charge is 0.335 e. The number of fused-ring (bicyclic) bond motifs is 1. The number of hydrogen-bond acceptors (Lipinski definition) is 1. The Labute approximate surface area is 133 Å². The number of aryl methyl sites for hydroxylation is 1. The number of hydrogen-bond donors (Lipinski definition) is 1. The Morgan fingerprint density at radius 3 is 2.73 bits per heavy atom. The second kappa shape index (κ2) is 5.67. The van der Waals surface area contributed by atoms with Gasteiger partial charge in [-0.3, -0.25) is 0 Å². The summed E-state index contributed by atoms with van der Waals surface area (Å²) >= 11 is 5.96. The molecule has 0 amide bonds. The minimum absolute atomic E-state index is 0.255. The average molecular weight is 310 g/mol. The lowest BCUT2D eigenvalue weighted by Gasteiger charge is -2.20. The predicted octanol–water partition coefficient (Wildman–Crippen LogP) is 4.97. The van der Waals surface area contributed by atoms with Crippen LogP contribution < -0.4 is 0 Å². The van der Waals surface area contributed by atoms with Gasteiger partial charge < -0.3 is 5.11 Å². The third-order valence-corrected chi connectivity index (χ3v) is 4.01. The van der Waals surface area contributed by atoms with Crippen molar-refractivity contribution >= 4 is 28.8 Å². The summed E-state index contributed by atoms with van der Waals surface area (Å²) in [5, 5.41) is 9.71. The van der Waals surface area contributed by atoms with Crippen LogP contribution in [0.15, 0.2) is 42.5 Å². The molecule has 22 heavy (non-hydrogen) atoms. The van der Waals surface area contributed by atoms with E-state index in [-0.39, 0.29) is 5.56 Å². The van der Waals surface area contributed by atoms with Gasteiger partial charge in [-0.15, -0.1) is 0 Å². The fourth-order valence-electron chi connectivity index (χ4n) is 2.74. The number of carboxylic acid groups (broad SMARTS) is 1. The van der Waals surface area contributed by atoms with E-state index in [1.165, 1.54) is 0 Å². The van der Waals surface area contributed by atoms with Gasteiger partial charge in [-0.2, -0.15) is 0 Å². The van der Waals surface area contributed by atoms with Crippen LogP contribution in [0.1, 0.15) is 33.5 Å². The van der Waals surface area contributed by atoms with Gasteiger partial charge in [0.25, 0.3) is 0 Å². The highest BCUT2D eigenvalue weighted by Gasteiger charge is 2.18. The van der Waals surface area contributed by atoms with Crippen molar-refractivity contribution in [2.24, 2.45) is 0 Å². The van der Waals surface area contributed by atoms with Crippen molar-refractivity contribution in [2.75, 3.05) is 0 Å². The topological polar surface area (TPSA) is 41.7 Å². The Bertz CT molecular complexity index is 847. The van der Waals surface area contributed by atoms with E-state index in [1.54, 1.807) is 24.3 Å². The van der Waals surface area contributed by atoms with Crippen molar-refractivity contribution in [3.8, 4) is 0 Å². The highest BCUT2D eigenvalue weighted by Crippen LogP contribution is 2.38. The second-order valence-corrected chi connectivity index (χ2v) is 5.54. The number of rotatable bonds is 2. The molecule has 0 radical (unpaired) electrons. The highest BCUT2D eigenvalue weighted by atomic mass is 35.5. The molecule has 0 fully saturated rings. The molecule has 0 saturated carbocycles. The Kier molecular flexibility index (Phi) is 3.70. The molecule has 0 aromatic heterocycles. The zero-order valence-electron chi connectivity index (χ0n) is 11.6. The predicted molar refractivity (Wildman–Crippen MR) is 86.5 cm³/mol. The maximum Gasteiger partial charge on any atom is 0.335 e. The van der Waals surface area contributed by atoms with Crippen molar-refractivity contribution in [1.29, 1.82) is 0 Å². The minimum atomic E-state index is -0.950. The molecule has 1 N–H and O–H groups in total. The van der Waals surface area contributed by atoms with E-state index in [4.69, 9.17) is 18.2 Å². The molecule has 4 heteroatoms. The van der Waals surface area contributed by atoms with E-state index in [9.17, 15) is 9.90 Å². The number of carboxylic acids is 1. The van der Waals surface area contributed by atoms with Crippen LogP contribution in [0.3, 0.4) is 0 Å². The van der Waals surface area contributed by atoms with Crippen molar-refractivity contribution in [1.82, 2.24) is 0 Å². The lowest BCUT2D eigenvalue weighted by atomic mass is 9.85. The molecule has 108 valence electrons. The van der Waals surface area contributed by atoms with Crippen molar-refractivity contribution < 1.29 is 9.90 Å². The average Bonchev–Trinajstić information content (AvgIpc) is 2.53. The zero-order chi connectivity index (χ0) is 15.7. The number of aromatic carboxylic acids is 1. The quantitative estimate of drug-likeness (QED) is 0.796. The molecule has 3 rings (SSSR count). The van der Waals surface area contributed by atoms with Crippen molar-refractivity contribution in [3.05, 3.63) is 81.2 Å². The van der Waals surface area contributed by atoms with Crippen molar-refractivity contribution in [3.63, 3.8) is 0 Å². The van der Waals surface area contributed by atoms with E-state index < -0.39 is 5.97 Å².